The Balaban J connectivity index is 1.70. The van der Waals surface area contributed by atoms with Crippen LogP contribution in [0.3, 0.4) is 0 Å². The molecule has 1 aromatic heterocycles. The van der Waals surface area contributed by atoms with Crippen LogP contribution < -0.4 is 10.1 Å². The Morgan fingerprint density at radius 2 is 1.62 bits per heavy atom. The van der Waals surface area contributed by atoms with E-state index in [2.05, 4.69) is 46.8 Å². The summed E-state index contributed by atoms with van der Waals surface area (Å²) in [5.41, 5.74) is 4.41. The van der Waals surface area contributed by atoms with Crippen LogP contribution in [0.4, 0.5) is 0 Å². The first kappa shape index (κ1) is 21.7. The molecule has 0 aliphatic heterocycles. The summed E-state index contributed by atoms with van der Waals surface area (Å²) in [5.74, 6) is 0.908. The number of nitrogens with zero attached hydrogens (tertiary/aromatic N) is 1. The Kier molecular flexibility index (Phi) is 6.57. The molecule has 0 fully saturated rings. The summed E-state index contributed by atoms with van der Waals surface area (Å²) in [6, 6.07) is 25.9. The minimum Gasteiger partial charge on any atom is -0.497 e. The third kappa shape index (κ3) is 4.53. The van der Waals surface area contributed by atoms with E-state index >= 15 is 0 Å². The Morgan fingerprint density at radius 1 is 0.938 bits per heavy atom. The van der Waals surface area contributed by atoms with Gasteiger partial charge in [0.15, 0.2) is 0 Å². The van der Waals surface area contributed by atoms with Gasteiger partial charge in [0.1, 0.15) is 11.8 Å². The molecule has 3 aromatic carbocycles. The SMILES string of the molecule is COc1ccc([C@H](CN[C@@H](C(=O)N(C)C)c2ccccc2)c2c[nH]c3ccccc23)cc1. The van der Waals surface area contributed by atoms with Crippen LogP contribution in [0.25, 0.3) is 10.9 Å². The average molecular weight is 428 g/mol. The number of hydrogen-bond donors (Lipinski definition) is 2. The van der Waals surface area contributed by atoms with E-state index in [0.717, 1.165) is 22.4 Å². The number of amides is 1. The number of ether oxygens (including phenoxy) is 1. The predicted molar refractivity (Wildman–Crippen MR) is 129 cm³/mol. The maximum Gasteiger partial charge on any atom is 0.243 e. The van der Waals surface area contributed by atoms with Crippen LogP contribution in [-0.4, -0.2) is 43.5 Å². The minimum absolute atomic E-state index is 0.0311. The van der Waals surface area contributed by atoms with Crippen LogP contribution in [0.15, 0.2) is 85.1 Å². The zero-order chi connectivity index (χ0) is 22.5. The molecular formula is C27H29N3O2. The summed E-state index contributed by atoms with van der Waals surface area (Å²) in [7, 11) is 5.26. The van der Waals surface area contributed by atoms with E-state index < -0.39 is 6.04 Å². The van der Waals surface area contributed by atoms with Crippen molar-refractivity contribution in [3.05, 3.63) is 102 Å². The number of benzene rings is 3. The fourth-order valence-corrected chi connectivity index (χ4v) is 4.11. The van der Waals surface area contributed by atoms with Crippen molar-refractivity contribution in [2.45, 2.75) is 12.0 Å². The maximum atomic E-state index is 13.0. The number of H-pyrrole nitrogens is 1. The van der Waals surface area contributed by atoms with Crippen LogP contribution in [-0.2, 0) is 4.79 Å². The average Bonchev–Trinajstić information content (AvgIpc) is 3.26. The number of carbonyl (C=O) groups is 1. The van der Waals surface area contributed by atoms with E-state index in [4.69, 9.17) is 4.74 Å². The maximum absolute atomic E-state index is 13.0. The van der Waals surface area contributed by atoms with Gasteiger partial charge in [0.25, 0.3) is 0 Å². The van der Waals surface area contributed by atoms with Gasteiger partial charge < -0.3 is 19.9 Å². The number of hydrogen-bond acceptors (Lipinski definition) is 3. The third-order valence-electron chi connectivity index (χ3n) is 5.86. The molecule has 0 unspecified atom stereocenters. The van der Waals surface area contributed by atoms with E-state index in [0.29, 0.717) is 6.54 Å². The zero-order valence-electron chi connectivity index (χ0n) is 18.7. The van der Waals surface area contributed by atoms with Crippen LogP contribution in [0, 0.1) is 0 Å². The Hall–Kier alpha value is -3.57. The fraction of sp³-hybridized carbons (Fsp3) is 0.222. The smallest absolute Gasteiger partial charge is 0.243 e. The first-order valence-electron chi connectivity index (χ1n) is 10.8. The number of rotatable bonds is 8. The number of carbonyl (C=O) groups excluding carboxylic acids is 1. The Labute approximate surface area is 189 Å². The predicted octanol–water partition coefficient (Wildman–Crippen LogP) is 4.73. The molecule has 164 valence electrons. The minimum atomic E-state index is -0.419. The van der Waals surface area contributed by atoms with Crippen molar-refractivity contribution >= 4 is 16.8 Å². The molecule has 4 rings (SSSR count). The quantitative estimate of drug-likeness (QED) is 0.428. The van der Waals surface area contributed by atoms with Crippen LogP contribution in [0.1, 0.15) is 28.7 Å². The van der Waals surface area contributed by atoms with E-state index in [-0.39, 0.29) is 11.8 Å². The molecule has 1 heterocycles. The second kappa shape index (κ2) is 9.71. The standard InChI is InChI=1S/C27H29N3O2/c1-30(2)27(31)26(20-9-5-4-6-10-20)29-17-23(19-13-15-21(32-3)16-14-19)24-18-28-25-12-8-7-11-22(24)25/h4-16,18,23,26,28-29H,17H2,1-3H3/t23-,26+/m0/s1. The van der Waals surface area contributed by atoms with E-state index in [1.807, 2.05) is 48.5 Å². The molecule has 0 spiro atoms. The number of fused-ring (bicyclic) bond motifs is 1. The number of aromatic nitrogens is 1. The van der Waals surface area contributed by atoms with Gasteiger partial charge in [-0.3, -0.25) is 4.79 Å². The van der Waals surface area contributed by atoms with Gasteiger partial charge >= 0.3 is 0 Å². The van der Waals surface area contributed by atoms with E-state index in [9.17, 15) is 4.79 Å². The molecule has 0 aliphatic carbocycles. The van der Waals surface area contributed by atoms with Crippen molar-refractivity contribution in [3.8, 4) is 5.75 Å². The molecule has 1 amide bonds. The molecule has 0 saturated carbocycles. The second-order valence-corrected chi connectivity index (χ2v) is 8.10. The molecule has 0 saturated heterocycles. The van der Waals surface area contributed by atoms with Crippen molar-refractivity contribution in [1.82, 2.24) is 15.2 Å². The van der Waals surface area contributed by atoms with E-state index in [1.54, 1.807) is 26.1 Å². The molecule has 2 N–H and O–H groups in total. The van der Waals surface area contributed by atoms with Gasteiger partial charge in [0, 0.05) is 43.7 Å². The summed E-state index contributed by atoms with van der Waals surface area (Å²) >= 11 is 0. The van der Waals surface area contributed by atoms with Gasteiger partial charge in [-0.05, 0) is 34.9 Å². The number of nitrogens with one attached hydrogen (secondary N) is 2. The first-order valence-corrected chi connectivity index (χ1v) is 10.8. The third-order valence-corrected chi connectivity index (χ3v) is 5.86. The molecule has 5 heteroatoms. The highest BCUT2D eigenvalue weighted by molar-refractivity contribution is 5.84. The summed E-state index contributed by atoms with van der Waals surface area (Å²) in [6.45, 7) is 0.604. The molecule has 0 bridgehead atoms. The summed E-state index contributed by atoms with van der Waals surface area (Å²) in [5, 5.41) is 4.75. The van der Waals surface area contributed by atoms with Crippen molar-refractivity contribution < 1.29 is 9.53 Å². The molecule has 4 aromatic rings. The summed E-state index contributed by atoms with van der Waals surface area (Å²) < 4.78 is 5.35. The topological polar surface area (TPSA) is 57.4 Å². The summed E-state index contributed by atoms with van der Waals surface area (Å²) in [4.78, 5) is 18.0. The lowest BCUT2D eigenvalue weighted by atomic mass is 9.90. The first-order chi connectivity index (χ1) is 15.6. The van der Waals surface area contributed by atoms with Crippen LogP contribution in [0.2, 0.25) is 0 Å². The van der Waals surface area contributed by atoms with Crippen LogP contribution >= 0.6 is 0 Å². The molecular weight excluding hydrogens is 398 g/mol. The van der Waals surface area contributed by atoms with Gasteiger partial charge in [-0.1, -0.05) is 60.7 Å². The van der Waals surface area contributed by atoms with Gasteiger partial charge in [-0.15, -0.1) is 0 Å². The fourth-order valence-electron chi connectivity index (χ4n) is 4.11. The van der Waals surface area contributed by atoms with Gasteiger partial charge in [-0.2, -0.15) is 0 Å². The molecule has 5 nitrogen and oxygen atoms in total. The highest BCUT2D eigenvalue weighted by Crippen LogP contribution is 2.32. The van der Waals surface area contributed by atoms with Gasteiger partial charge in [0.2, 0.25) is 5.91 Å². The largest absolute Gasteiger partial charge is 0.497 e. The van der Waals surface area contributed by atoms with Gasteiger partial charge in [0.05, 0.1) is 7.11 Å². The monoisotopic (exact) mass is 427 g/mol. The lowest BCUT2D eigenvalue weighted by molar-refractivity contribution is -0.131. The lowest BCUT2D eigenvalue weighted by Crippen LogP contribution is -2.38. The Bertz CT molecular complexity index is 1170. The number of likely N-dealkylation sites (N-methyl/N-ethyl adjacent to an activating group) is 1. The van der Waals surface area contributed by atoms with Crippen molar-refractivity contribution in [1.29, 1.82) is 0 Å². The van der Waals surface area contributed by atoms with Crippen LogP contribution in [0.5, 0.6) is 5.75 Å². The highest BCUT2D eigenvalue weighted by atomic mass is 16.5. The molecule has 0 radical (unpaired) electrons. The Morgan fingerprint density at radius 3 is 2.31 bits per heavy atom. The van der Waals surface area contributed by atoms with Gasteiger partial charge in [-0.25, -0.2) is 0 Å². The molecule has 2 atom stereocenters. The number of para-hydroxylation sites is 1. The second-order valence-electron chi connectivity index (χ2n) is 8.10. The molecule has 32 heavy (non-hydrogen) atoms. The highest BCUT2D eigenvalue weighted by Gasteiger charge is 2.25. The van der Waals surface area contributed by atoms with Crippen molar-refractivity contribution in [3.63, 3.8) is 0 Å². The normalized spacial score (nSPS) is 13.0. The lowest BCUT2D eigenvalue weighted by Gasteiger charge is -2.25. The molecule has 0 aliphatic rings. The summed E-state index contributed by atoms with van der Waals surface area (Å²) in [6.07, 6.45) is 2.08. The van der Waals surface area contributed by atoms with Crippen molar-refractivity contribution in [2.24, 2.45) is 0 Å². The zero-order valence-corrected chi connectivity index (χ0v) is 18.7. The van der Waals surface area contributed by atoms with Crippen molar-refractivity contribution in [2.75, 3.05) is 27.7 Å². The van der Waals surface area contributed by atoms with E-state index in [1.165, 1.54) is 10.9 Å². The number of methoxy groups -OCH3 is 1. The number of aromatic amines is 1.